The van der Waals surface area contributed by atoms with Gasteiger partial charge in [-0.15, -0.1) is 0 Å². The van der Waals surface area contributed by atoms with Gasteiger partial charge >= 0.3 is 0 Å². The summed E-state index contributed by atoms with van der Waals surface area (Å²) in [7, 11) is 0. The molecule has 0 radical (unpaired) electrons. The third-order valence-corrected chi connectivity index (χ3v) is 8.23. The van der Waals surface area contributed by atoms with Crippen molar-refractivity contribution in [2.45, 2.75) is 58.6 Å². The molecule has 0 saturated carbocycles. The molecule has 2 amide bonds. The average molecular weight is 516 g/mol. The van der Waals surface area contributed by atoms with Crippen LogP contribution in [-0.4, -0.2) is 88.3 Å². The first kappa shape index (κ1) is 25.6. The Labute approximate surface area is 215 Å². The van der Waals surface area contributed by atoms with Gasteiger partial charge < -0.3 is 19.8 Å². The van der Waals surface area contributed by atoms with Crippen LogP contribution in [0, 0.1) is 19.8 Å². The van der Waals surface area contributed by atoms with E-state index >= 15 is 0 Å². The van der Waals surface area contributed by atoms with Gasteiger partial charge in [0.15, 0.2) is 5.69 Å². The fourth-order valence-electron chi connectivity index (χ4n) is 5.76. The molecule has 1 N–H and O–H groups in total. The number of anilines is 1. The molecule has 0 unspecified atom stereocenters. The Morgan fingerprint density at radius 2 is 1.73 bits per heavy atom. The van der Waals surface area contributed by atoms with Gasteiger partial charge in [0.25, 0.3) is 5.91 Å². The smallest absolute Gasteiger partial charge is 0.274 e. The van der Waals surface area contributed by atoms with Crippen molar-refractivity contribution in [2.75, 3.05) is 44.2 Å². The summed E-state index contributed by atoms with van der Waals surface area (Å²) in [5.41, 5.74) is 4.97. The van der Waals surface area contributed by atoms with E-state index < -0.39 is 18.4 Å². The zero-order valence-electron chi connectivity index (χ0n) is 21.5. The molecular formula is C27H35F2N5O3. The summed E-state index contributed by atoms with van der Waals surface area (Å²) >= 11 is 0. The summed E-state index contributed by atoms with van der Waals surface area (Å²) in [4.78, 5) is 32.2. The highest BCUT2D eigenvalue weighted by Crippen LogP contribution is 2.34. The molecule has 2 fully saturated rings. The predicted molar refractivity (Wildman–Crippen MR) is 135 cm³/mol. The largest absolute Gasteiger partial charge is 0.393 e. The van der Waals surface area contributed by atoms with Gasteiger partial charge in [0.2, 0.25) is 12.3 Å². The van der Waals surface area contributed by atoms with Crippen LogP contribution < -0.4 is 4.90 Å². The second-order valence-electron chi connectivity index (χ2n) is 10.5. The van der Waals surface area contributed by atoms with E-state index in [4.69, 9.17) is 0 Å². The van der Waals surface area contributed by atoms with Crippen LogP contribution in [0.15, 0.2) is 18.2 Å². The number of piperazine rings is 1. The topological polar surface area (TPSA) is 81.9 Å². The quantitative estimate of drug-likeness (QED) is 0.662. The Balaban J connectivity index is 1.29. The first-order chi connectivity index (χ1) is 17.7. The van der Waals surface area contributed by atoms with E-state index in [9.17, 15) is 23.5 Å². The molecule has 2 aromatic rings. The number of hydrogen-bond acceptors (Lipinski definition) is 5. The van der Waals surface area contributed by atoms with E-state index in [0.29, 0.717) is 63.4 Å². The normalized spacial score (nSPS) is 20.6. The van der Waals surface area contributed by atoms with Gasteiger partial charge in [0, 0.05) is 62.1 Å². The molecule has 1 aliphatic carbocycles. The number of carbonyl (C=O) groups excluding carboxylic acids is 2. The summed E-state index contributed by atoms with van der Waals surface area (Å²) in [5.74, 6) is -1.29. The Morgan fingerprint density at radius 3 is 2.41 bits per heavy atom. The lowest BCUT2D eigenvalue weighted by molar-refractivity contribution is -0.132. The number of likely N-dealkylation sites (tertiary alicyclic amines) is 1. The number of amides is 2. The fraction of sp³-hybridized carbons (Fsp3) is 0.593. The van der Waals surface area contributed by atoms with Crippen LogP contribution in [0.5, 0.6) is 0 Å². The SMILES string of the molecule is Cc1cccc(N2CCN(C(=O)Cn3nc(C(=O)N4CCC(O)CC4)c4c3C[C@@H](C(F)F)C4)CC2)c1C. The van der Waals surface area contributed by atoms with Gasteiger partial charge in [-0.05, 0) is 56.7 Å². The van der Waals surface area contributed by atoms with Crippen molar-refractivity contribution in [2.24, 2.45) is 5.92 Å². The minimum atomic E-state index is -2.50. The Kier molecular flexibility index (Phi) is 7.20. The molecule has 2 saturated heterocycles. The number of nitrogens with zero attached hydrogens (tertiary/aromatic N) is 5. The van der Waals surface area contributed by atoms with Crippen LogP contribution in [0.1, 0.15) is 45.7 Å². The number of fused-ring (bicyclic) bond motifs is 1. The van der Waals surface area contributed by atoms with E-state index in [1.807, 2.05) is 6.07 Å². The molecule has 2 aliphatic heterocycles. The van der Waals surface area contributed by atoms with E-state index in [2.05, 4.69) is 36.0 Å². The summed E-state index contributed by atoms with van der Waals surface area (Å²) in [6.07, 6.45) is -1.75. The number of rotatable bonds is 5. The van der Waals surface area contributed by atoms with Crippen LogP contribution in [0.3, 0.4) is 0 Å². The predicted octanol–water partition coefficient (Wildman–Crippen LogP) is 2.43. The number of aliphatic hydroxyl groups is 1. The van der Waals surface area contributed by atoms with Crippen molar-refractivity contribution >= 4 is 17.5 Å². The number of halogens is 2. The van der Waals surface area contributed by atoms with Gasteiger partial charge in [0.05, 0.1) is 6.10 Å². The van der Waals surface area contributed by atoms with Crippen LogP contribution in [0.25, 0.3) is 0 Å². The fourth-order valence-corrected chi connectivity index (χ4v) is 5.76. The van der Waals surface area contributed by atoms with Gasteiger partial charge in [0.1, 0.15) is 6.54 Å². The summed E-state index contributed by atoms with van der Waals surface area (Å²) < 4.78 is 28.7. The summed E-state index contributed by atoms with van der Waals surface area (Å²) in [6.45, 7) is 7.51. The van der Waals surface area contributed by atoms with Crippen LogP contribution >= 0.6 is 0 Å². The van der Waals surface area contributed by atoms with Crippen LogP contribution in [0.4, 0.5) is 14.5 Å². The maximum Gasteiger partial charge on any atom is 0.274 e. The molecule has 10 heteroatoms. The van der Waals surface area contributed by atoms with E-state index in [1.54, 1.807) is 9.80 Å². The minimum absolute atomic E-state index is 0.0617. The first-order valence-electron chi connectivity index (χ1n) is 13.2. The molecule has 3 aliphatic rings. The van der Waals surface area contributed by atoms with Crippen molar-refractivity contribution < 1.29 is 23.5 Å². The molecule has 5 rings (SSSR count). The molecular weight excluding hydrogens is 480 g/mol. The van der Waals surface area contributed by atoms with Crippen molar-refractivity contribution in [1.29, 1.82) is 0 Å². The minimum Gasteiger partial charge on any atom is -0.393 e. The second-order valence-corrected chi connectivity index (χ2v) is 10.5. The zero-order valence-corrected chi connectivity index (χ0v) is 21.5. The molecule has 37 heavy (non-hydrogen) atoms. The Morgan fingerprint density at radius 1 is 1.03 bits per heavy atom. The first-order valence-corrected chi connectivity index (χ1v) is 13.2. The monoisotopic (exact) mass is 515 g/mol. The molecule has 1 atom stereocenters. The highest BCUT2D eigenvalue weighted by Gasteiger charge is 2.38. The number of aryl methyl sites for hydroxylation is 1. The number of piperidine rings is 1. The van der Waals surface area contributed by atoms with Crippen LogP contribution in [-0.2, 0) is 24.2 Å². The van der Waals surface area contributed by atoms with Crippen molar-refractivity contribution in [3.05, 3.63) is 46.3 Å². The van der Waals surface area contributed by atoms with Gasteiger partial charge in [-0.25, -0.2) is 8.78 Å². The second kappa shape index (κ2) is 10.4. The summed E-state index contributed by atoms with van der Waals surface area (Å²) in [6, 6.07) is 6.24. The van der Waals surface area contributed by atoms with Crippen molar-refractivity contribution in [1.82, 2.24) is 19.6 Å². The average Bonchev–Trinajstić information content (AvgIpc) is 3.47. The highest BCUT2D eigenvalue weighted by molar-refractivity contribution is 5.94. The van der Waals surface area contributed by atoms with E-state index in [-0.39, 0.29) is 36.9 Å². The zero-order chi connectivity index (χ0) is 26.3. The lowest BCUT2D eigenvalue weighted by Crippen LogP contribution is -2.50. The number of aromatic nitrogens is 2. The van der Waals surface area contributed by atoms with Gasteiger partial charge in [-0.3, -0.25) is 14.3 Å². The molecule has 1 aromatic carbocycles. The molecule has 0 spiro atoms. The number of alkyl halides is 2. The molecule has 8 nitrogen and oxygen atoms in total. The highest BCUT2D eigenvalue weighted by atomic mass is 19.3. The van der Waals surface area contributed by atoms with Crippen molar-refractivity contribution in [3.8, 4) is 0 Å². The lowest BCUT2D eigenvalue weighted by atomic mass is 10.1. The molecule has 1 aromatic heterocycles. The molecule has 200 valence electrons. The number of aliphatic hydroxyl groups excluding tert-OH is 1. The van der Waals surface area contributed by atoms with Gasteiger partial charge in [-0.1, -0.05) is 12.1 Å². The number of carbonyl (C=O) groups is 2. The third-order valence-electron chi connectivity index (χ3n) is 8.23. The van der Waals surface area contributed by atoms with Crippen molar-refractivity contribution in [3.63, 3.8) is 0 Å². The van der Waals surface area contributed by atoms with Gasteiger partial charge in [-0.2, -0.15) is 5.10 Å². The molecule has 0 bridgehead atoms. The lowest BCUT2D eigenvalue weighted by Gasteiger charge is -2.37. The maximum absolute atomic E-state index is 13.6. The Hall–Kier alpha value is -3.01. The third kappa shape index (κ3) is 5.08. The summed E-state index contributed by atoms with van der Waals surface area (Å²) in [5, 5.41) is 14.3. The molecule has 3 heterocycles. The van der Waals surface area contributed by atoms with E-state index in [1.165, 1.54) is 21.5 Å². The van der Waals surface area contributed by atoms with E-state index in [0.717, 1.165) is 0 Å². The standard InChI is InChI=1S/C27H35F2N5O3/c1-17-4-3-5-22(18(17)2)31-10-12-32(13-11-31)24(36)16-34-23-15-19(26(28)29)14-21(23)25(30-34)27(37)33-8-6-20(35)7-9-33/h3-5,19-20,26,35H,6-16H2,1-2H3/t19-/m0/s1. The Bertz CT molecular complexity index is 1170. The maximum atomic E-state index is 13.6. The van der Waals surface area contributed by atoms with Crippen LogP contribution in [0.2, 0.25) is 0 Å². The number of benzene rings is 1. The number of hydrogen-bond donors (Lipinski definition) is 1.